The van der Waals surface area contributed by atoms with Crippen molar-refractivity contribution in [2.75, 3.05) is 20.7 Å². The second-order valence-electron chi connectivity index (χ2n) is 6.35. The summed E-state index contributed by atoms with van der Waals surface area (Å²) in [5.74, 6) is 1.03. The van der Waals surface area contributed by atoms with Gasteiger partial charge in [-0.15, -0.1) is 0 Å². The lowest BCUT2D eigenvalue weighted by atomic mass is 9.84. The first kappa shape index (κ1) is 18.7. The highest BCUT2D eigenvalue weighted by Gasteiger charge is 2.21. The van der Waals surface area contributed by atoms with Crippen LogP contribution < -0.4 is 15.4 Å². The molecule has 0 aliphatic carbocycles. The standard InChI is InChI=1S/C19H25FN4O/c1-19(2,15-8-5-9-16(20)11-15)13-24-18(21-3)23-12-14-7-6-10-22-17(14)25-4/h5-11H,12-13H2,1-4H3,(H2,21,23,24). The van der Waals surface area contributed by atoms with E-state index in [-0.39, 0.29) is 11.2 Å². The third-order valence-electron chi connectivity index (χ3n) is 4.02. The Kier molecular flexibility index (Phi) is 6.33. The molecule has 0 bridgehead atoms. The predicted molar refractivity (Wildman–Crippen MR) is 98.4 cm³/mol. The van der Waals surface area contributed by atoms with E-state index in [9.17, 15) is 4.39 Å². The van der Waals surface area contributed by atoms with Gasteiger partial charge in [-0.05, 0) is 23.8 Å². The summed E-state index contributed by atoms with van der Waals surface area (Å²) in [7, 11) is 3.31. The number of nitrogens with zero attached hydrogens (tertiary/aromatic N) is 2. The Morgan fingerprint density at radius 1 is 1.24 bits per heavy atom. The lowest BCUT2D eigenvalue weighted by molar-refractivity contribution is 0.392. The van der Waals surface area contributed by atoms with E-state index in [1.807, 2.05) is 18.2 Å². The number of hydrogen-bond donors (Lipinski definition) is 2. The first-order valence-electron chi connectivity index (χ1n) is 8.14. The molecule has 0 saturated heterocycles. The van der Waals surface area contributed by atoms with Crippen LogP contribution in [0, 0.1) is 5.82 Å². The maximum absolute atomic E-state index is 13.5. The van der Waals surface area contributed by atoms with Crippen molar-refractivity contribution in [1.82, 2.24) is 15.6 Å². The largest absolute Gasteiger partial charge is 0.481 e. The number of pyridine rings is 1. The molecule has 1 aromatic heterocycles. The second kappa shape index (κ2) is 8.46. The summed E-state index contributed by atoms with van der Waals surface area (Å²) < 4.78 is 18.7. The topological polar surface area (TPSA) is 58.5 Å². The molecule has 0 fully saturated rings. The van der Waals surface area contributed by atoms with Gasteiger partial charge in [0.2, 0.25) is 5.88 Å². The van der Waals surface area contributed by atoms with Crippen molar-refractivity contribution in [3.05, 3.63) is 59.5 Å². The minimum Gasteiger partial charge on any atom is -0.481 e. The lowest BCUT2D eigenvalue weighted by Crippen LogP contribution is -2.43. The van der Waals surface area contributed by atoms with E-state index in [1.165, 1.54) is 6.07 Å². The zero-order chi connectivity index (χ0) is 18.3. The van der Waals surface area contributed by atoms with Crippen molar-refractivity contribution in [1.29, 1.82) is 0 Å². The van der Waals surface area contributed by atoms with Crippen molar-refractivity contribution in [2.24, 2.45) is 4.99 Å². The van der Waals surface area contributed by atoms with Gasteiger partial charge < -0.3 is 15.4 Å². The van der Waals surface area contributed by atoms with Gasteiger partial charge in [0, 0.05) is 37.3 Å². The van der Waals surface area contributed by atoms with Gasteiger partial charge in [0.15, 0.2) is 5.96 Å². The number of halogens is 1. The number of aromatic nitrogens is 1. The van der Waals surface area contributed by atoms with E-state index < -0.39 is 0 Å². The highest BCUT2D eigenvalue weighted by Crippen LogP contribution is 2.22. The van der Waals surface area contributed by atoms with Crippen LogP contribution in [0.15, 0.2) is 47.6 Å². The summed E-state index contributed by atoms with van der Waals surface area (Å²) in [6, 6.07) is 10.5. The first-order chi connectivity index (χ1) is 12.0. The quantitative estimate of drug-likeness (QED) is 0.625. The van der Waals surface area contributed by atoms with Crippen molar-refractivity contribution in [2.45, 2.75) is 25.8 Å². The van der Waals surface area contributed by atoms with Crippen LogP contribution in [0.4, 0.5) is 4.39 Å². The fraction of sp³-hybridized carbons (Fsp3) is 0.368. The number of hydrogen-bond acceptors (Lipinski definition) is 3. The van der Waals surface area contributed by atoms with Crippen molar-refractivity contribution in [3.63, 3.8) is 0 Å². The Bertz CT molecular complexity index is 731. The molecule has 5 nitrogen and oxygen atoms in total. The Labute approximate surface area is 148 Å². The maximum atomic E-state index is 13.5. The molecule has 0 radical (unpaired) electrons. The third-order valence-corrected chi connectivity index (χ3v) is 4.02. The van der Waals surface area contributed by atoms with Crippen molar-refractivity contribution < 1.29 is 9.13 Å². The minimum absolute atomic E-state index is 0.225. The van der Waals surface area contributed by atoms with E-state index in [4.69, 9.17) is 4.74 Å². The molecular formula is C19H25FN4O. The molecule has 2 N–H and O–H groups in total. The molecule has 0 aliphatic heterocycles. The molecule has 0 amide bonds. The number of aliphatic imine (C=N–C) groups is 1. The Balaban J connectivity index is 1.96. The highest BCUT2D eigenvalue weighted by atomic mass is 19.1. The van der Waals surface area contributed by atoms with Crippen molar-refractivity contribution >= 4 is 5.96 Å². The first-order valence-corrected chi connectivity index (χ1v) is 8.14. The smallest absolute Gasteiger partial charge is 0.218 e. The van der Waals surface area contributed by atoms with E-state index in [1.54, 1.807) is 32.5 Å². The molecule has 2 aromatic rings. The van der Waals surface area contributed by atoms with Crippen LogP contribution in [-0.4, -0.2) is 31.6 Å². The number of rotatable bonds is 6. The molecule has 0 atom stereocenters. The maximum Gasteiger partial charge on any atom is 0.218 e. The number of guanidine groups is 1. The average Bonchev–Trinajstić information content (AvgIpc) is 2.62. The second-order valence-corrected chi connectivity index (χ2v) is 6.35. The van der Waals surface area contributed by atoms with Gasteiger partial charge in [-0.25, -0.2) is 9.37 Å². The SMILES string of the molecule is CN=C(NCc1cccnc1OC)NCC(C)(C)c1cccc(F)c1. The summed E-state index contributed by atoms with van der Waals surface area (Å²) in [5.41, 5.74) is 1.63. The Morgan fingerprint density at radius 2 is 2.04 bits per heavy atom. The molecular weight excluding hydrogens is 319 g/mol. The monoisotopic (exact) mass is 344 g/mol. The van der Waals surface area contributed by atoms with Gasteiger partial charge in [0.05, 0.1) is 7.11 Å². The molecule has 1 aromatic carbocycles. The van der Waals surface area contributed by atoms with E-state index >= 15 is 0 Å². The van der Waals surface area contributed by atoms with E-state index in [0.717, 1.165) is 11.1 Å². The summed E-state index contributed by atoms with van der Waals surface area (Å²) in [4.78, 5) is 8.41. The summed E-state index contributed by atoms with van der Waals surface area (Å²) in [5, 5.41) is 6.53. The molecule has 0 spiro atoms. The molecule has 2 rings (SSSR count). The Morgan fingerprint density at radius 3 is 2.72 bits per heavy atom. The molecule has 0 aliphatic rings. The predicted octanol–water partition coefficient (Wildman–Crippen LogP) is 2.87. The van der Waals surface area contributed by atoms with Crippen LogP contribution in [0.3, 0.4) is 0 Å². The van der Waals surface area contributed by atoms with Gasteiger partial charge in [-0.1, -0.05) is 32.0 Å². The number of methoxy groups -OCH3 is 1. The van der Waals surface area contributed by atoms with Crippen molar-refractivity contribution in [3.8, 4) is 5.88 Å². The highest BCUT2D eigenvalue weighted by molar-refractivity contribution is 5.79. The zero-order valence-corrected chi connectivity index (χ0v) is 15.1. The summed E-state index contributed by atoms with van der Waals surface area (Å²) in [6.45, 7) is 5.27. The average molecular weight is 344 g/mol. The molecule has 134 valence electrons. The van der Waals surface area contributed by atoms with E-state index in [2.05, 4.69) is 34.5 Å². The molecule has 25 heavy (non-hydrogen) atoms. The third kappa shape index (κ3) is 5.17. The van der Waals surface area contributed by atoms with Gasteiger partial charge >= 0.3 is 0 Å². The minimum atomic E-state index is -0.244. The normalized spacial score (nSPS) is 12.0. The summed E-state index contributed by atoms with van der Waals surface area (Å²) >= 11 is 0. The van der Waals surface area contributed by atoms with Gasteiger partial charge in [-0.3, -0.25) is 4.99 Å². The van der Waals surface area contributed by atoms with Crippen LogP contribution in [0.5, 0.6) is 5.88 Å². The molecule has 1 heterocycles. The Hall–Kier alpha value is -2.63. The molecule has 0 saturated carbocycles. The van der Waals surface area contributed by atoms with Gasteiger partial charge in [-0.2, -0.15) is 0 Å². The fourth-order valence-corrected chi connectivity index (χ4v) is 2.46. The summed E-state index contributed by atoms with van der Waals surface area (Å²) in [6.07, 6.45) is 1.69. The van der Waals surface area contributed by atoms with E-state index in [0.29, 0.717) is 24.9 Å². The van der Waals surface area contributed by atoms with Crippen LogP contribution in [-0.2, 0) is 12.0 Å². The van der Waals surface area contributed by atoms with Crippen LogP contribution >= 0.6 is 0 Å². The number of benzene rings is 1. The molecule has 0 unspecified atom stereocenters. The number of ether oxygens (including phenoxy) is 1. The van der Waals surface area contributed by atoms with Crippen LogP contribution in [0.25, 0.3) is 0 Å². The fourth-order valence-electron chi connectivity index (χ4n) is 2.46. The molecule has 6 heteroatoms. The van der Waals surface area contributed by atoms with Crippen LogP contribution in [0.2, 0.25) is 0 Å². The van der Waals surface area contributed by atoms with Gasteiger partial charge in [0.25, 0.3) is 0 Å². The van der Waals surface area contributed by atoms with Gasteiger partial charge in [0.1, 0.15) is 5.82 Å². The van der Waals surface area contributed by atoms with Crippen LogP contribution in [0.1, 0.15) is 25.0 Å². The zero-order valence-electron chi connectivity index (χ0n) is 15.1. The lowest BCUT2D eigenvalue weighted by Gasteiger charge is -2.27. The number of nitrogens with one attached hydrogen (secondary N) is 2.